The SMILES string of the molecule is CC.Cc1ccc(F)cc1-c1ccccc1OC(F)(F)F. The number of halogens is 4. The summed E-state index contributed by atoms with van der Waals surface area (Å²) < 4.78 is 54.2. The van der Waals surface area contributed by atoms with Gasteiger partial charge >= 0.3 is 6.36 Å². The van der Waals surface area contributed by atoms with Crippen molar-refractivity contribution in [2.24, 2.45) is 0 Å². The summed E-state index contributed by atoms with van der Waals surface area (Å²) in [4.78, 5) is 0. The van der Waals surface area contributed by atoms with Gasteiger partial charge in [-0.2, -0.15) is 0 Å². The Morgan fingerprint density at radius 1 is 0.905 bits per heavy atom. The number of benzene rings is 2. The van der Waals surface area contributed by atoms with Crippen molar-refractivity contribution in [3.63, 3.8) is 0 Å². The van der Waals surface area contributed by atoms with Gasteiger partial charge in [-0.15, -0.1) is 13.2 Å². The average molecular weight is 300 g/mol. The molecule has 2 aromatic carbocycles. The smallest absolute Gasteiger partial charge is 0.405 e. The highest BCUT2D eigenvalue weighted by Gasteiger charge is 2.32. The standard InChI is InChI=1S/C14H10F4O.C2H6/c1-9-6-7-10(15)8-12(9)11-4-2-3-5-13(11)19-14(16,17)18;1-2/h2-8H,1H3;1-2H3. The molecule has 0 radical (unpaired) electrons. The van der Waals surface area contributed by atoms with Crippen molar-refractivity contribution < 1.29 is 22.3 Å². The van der Waals surface area contributed by atoms with Crippen molar-refractivity contribution >= 4 is 0 Å². The Balaban J connectivity index is 0.00000106. The van der Waals surface area contributed by atoms with Gasteiger partial charge < -0.3 is 4.74 Å². The lowest BCUT2D eigenvalue weighted by molar-refractivity contribution is -0.274. The first kappa shape index (κ1) is 17.0. The van der Waals surface area contributed by atoms with Crippen molar-refractivity contribution in [1.82, 2.24) is 0 Å². The van der Waals surface area contributed by atoms with Crippen LogP contribution in [0.5, 0.6) is 5.75 Å². The molecule has 21 heavy (non-hydrogen) atoms. The van der Waals surface area contributed by atoms with Gasteiger partial charge in [0.2, 0.25) is 0 Å². The highest BCUT2D eigenvalue weighted by molar-refractivity contribution is 5.73. The molecule has 0 fully saturated rings. The molecular weight excluding hydrogens is 284 g/mol. The second kappa shape index (κ2) is 7.11. The topological polar surface area (TPSA) is 9.23 Å². The Morgan fingerprint density at radius 3 is 2.14 bits per heavy atom. The van der Waals surface area contributed by atoms with Crippen LogP contribution in [-0.2, 0) is 0 Å². The van der Waals surface area contributed by atoms with Crippen molar-refractivity contribution in [2.75, 3.05) is 0 Å². The van der Waals surface area contributed by atoms with E-state index in [1.165, 1.54) is 36.4 Å². The normalized spacial score (nSPS) is 10.6. The van der Waals surface area contributed by atoms with Crippen LogP contribution >= 0.6 is 0 Å². The summed E-state index contributed by atoms with van der Waals surface area (Å²) in [6.07, 6.45) is -4.78. The molecule has 0 atom stereocenters. The molecule has 114 valence electrons. The zero-order chi connectivity index (χ0) is 16.0. The zero-order valence-electron chi connectivity index (χ0n) is 12.0. The predicted octanol–water partition coefficient (Wildman–Crippen LogP) is 5.73. The molecule has 0 saturated heterocycles. The molecule has 0 bridgehead atoms. The van der Waals surface area contributed by atoms with Crippen LogP contribution in [0.4, 0.5) is 17.6 Å². The minimum absolute atomic E-state index is 0.205. The van der Waals surface area contributed by atoms with E-state index in [-0.39, 0.29) is 11.3 Å². The maximum absolute atomic E-state index is 13.2. The van der Waals surface area contributed by atoms with Crippen molar-refractivity contribution in [2.45, 2.75) is 27.1 Å². The van der Waals surface area contributed by atoms with Crippen LogP contribution in [0, 0.1) is 12.7 Å². The molecule has 0 spiro atoms. The van der Waals surface area contributed by atoms with Gasteiger partial charge in [-0.1, -0.05) is 38.1 Å². The molecule has 0 aliphatic rings. The van der Waals surface area contributed by atoms with Crippen LogP contribution in [0.3, 0.4) is 0 Å². The van der Waals surface area contributed by atoms with Gasteiger partial charge in [0.1, 0.15) is 11.6 Å². The lowest BCUT2D eigenvalue weighted by Crippen LogP contribution is -2.17. The molecule has 5 heteroatoms. The first-order valence-electron chi connectivity index (χ1n) is 6.48. The molecule has 0 N–H and O–H groups in total. The molecule has 1 nitrogen and oxygen atoms in total. The van der Waals surface area contributed by atoms with Crippen molar-refractivity contribution in [3.05, 3.63) is 53.8 Å². The minimum atomic E-state index is -4.78. The van der Waals surface area contributed by atoms with Gasteiger partial charge in [-0.05, 0) is 36.2 Å². The number of hydrogen-bond donors (Lipinski definition) is 0. The number of para-hydroxylation sites is 1. The van der Waals surface area contributed by atoms with Crippen molar-refractivity contribution in [1.29, 1.82) is 0 Å². The van der Waals surface area contributed by atoms with Crippen LogP contribution in [0.1, 0.15) is 19.4 Å². The monoisotopic (exact) mass is 300 g/mol. The van der Waals surface area contributed by atoms with E-state index in [0.29, 0.717) is 11.1 Å². The lowest BCUT2D eigenvalue weighted by Gasteiger charge is -2.14. The summed E-state index contributed by atoms with van der Waals surface area (Å²) in [6, 6.07) is 9.62. The van der Waals surface area contributed by atoms with Crippen LogP contribution in [0.2, 0.25) is 0 Å². The van der Waals surface area contributed by atoms with Gasteiger partial charge in [-0.25, -0.2) is 4.39 Å². The molecule has 0 amide bonds. The fraction of sp³-hybridized carbons (Fsp3) is 0.250. The Kier molecular flexibility index (Phi) is 5.76. The summed E-state index contributed by atoms with van der Waals surface area (Å²) in [5.41, 5.74) is 1.25. The molecule has 2 aromatic rings. The minimum Gasteiger partial charge on any atom is -0.405 e. The number of aryl methyl sites for hydroxylation is 1. The summed E-state index contributed by atoms with van der Waals surface area (Å²) in [6.45, 7) is 5.69. The van der Waals surface area contributed by atoms with E-state index in [4.69, 9.17) is 0 Å². The first-order valence-corrected chi connectivity index (χ1v) is 6.48. The number of hydrogen-bond acceptors (Lipinski definition) is 1. The summed E-state index contributed by atoms with van der Waals surface area (Å²) >= 11 is 0. The third kappa shape index (κ3) is 4.77. The Bertz CT molecular complexity index is 591. The van der Waals surface area contributed by atoms with E-state index in [0.717, 1.165) is 0 Å². The van der Waals surface area contributed by atoms with Crippen LogP contribution < -0.4 is 4.74 Å². The van der Waals surface area contributed by atoms with Crippen LogP contribution in [0.25, 0.3) is 11.1 Å². The summed E-state index contributed by atoms with van der Waals surface area (Å²) in [5, 5.41) is 0. The van der Waals surface area contributed by atoms with Crippen LogP contribution in [0.15, 0.2) is 42.5 Å². The third-order valence-corrected chi connectivity index (χ3v) is 2.60. The molecular formula is C16H16F4O. The van der Waals surface area contributed by atoms with Gasteiger partial charge in [-0.3, -0.25) is 0 Å². The maximum Gasteiger partial charge on any atom is 0.573 e. The Morgan fingerprint density at radius 2 is 1.52 bits per heavy atom. The third-order valence-electron chi connectivity index (χ3n) is 2.60. The van der Waals surface area contributed by atoms with E-state index >= 15 is 0 Å². The molecule has 0 aliphatic heterocycles. The largest absolute Gasteiger partial charge is 0.573 e. The lowest BCUT2D eigenvalue weighted by atomic mass is 10.00. The van der Waals surface area contributed by atoms with Gasteiger partial charge in [0.25, 0.3) is 0 Å². The molecule has 0 aliphatic carbocycles. The highest BCUT2D eigenvalue weighted by Crippen LogP contribution is 2.35. The number of rotatable bonds is 2. The molecule has 0 aromatic heterocycles. The quantitative estimate of drug-likeness (QED) is 0.644. The molecule has 0 heterocycles. The number of ether oxygens (including phenoxy) is 1. The van der Waals surface area contributed by atoms with Crippen LogP contribution in [-0.4, -0.2) is 6.36 Å². The van der Waals surface area contributed by atoms with E-state index in [9.17, 15) is 17.6 Å². The summed E-state index contributed by atoms with van der Waals surface area (Å²) in [7, 11) is 0. The van der Waals surface area contributed by atoms with Gasteiger partial charge in [0.05, 0.1) is 0 Å². The van der Waals surface area contributed by atoms with Gasteiger partial charge in [0.15, 0.2) is 0 Å². The first-order chi connectivity index (χ1) is 9.87. The van der Waals surface area contributed by atoms with E-state index in [1.807, 2.05) is 13.8 Å². The second-order valence-electron chi connectivity index (χ2n) is 4.00. The van der Waals surface area contributed by atoms with E-state index in [2.05, 4.69) is 4.74 Å². The second-order valence-corrected chi connectivity index (χ2v) is 4.00. The maximum atomic E-state index is 13.2. The molecule has 0 unspecified atom stereocenters. The fourth-order valence-electron chi connectivity index (χ4n) is 1.79. The fourth-order valence-corrected chi connectivity index (χ4v) is 1.79. The zero-order valence-corrected chi connectivity index (χ0v) is 12.0. The highest BCUT2D eigenvalue weighted by atomic mass is 19.4. The van der Waals surface area contributed by atoms with E-state index in [1.54, 1.807) is 13.0 Å². The predicted molar refractivity (Wildman–Crippen MR) is 74.6 cm³/mol. The molecule has 2 rings (SSSR count). The van der Waals surface area contributed by atoms with Crippen molar-refractivity contribution in [3.8, 4) is 16.9 Å². The van der Waals surface area contributed by atoms with E-state index < -0.39 is 12.2 Å². The molecule has 0 saturated carbocycles. The average Bonchev–Trinajstić information content (AvgIpc) is 2.43. The van der Waals surface area contributed by atoms with Gasteiger partial charge in [0, 0.05) is 5.56 Å². The Labute approximate surface area is 121 Å². The Hall–Kier alpha value is -2.04. The summed E-state index contributed by atoms with van der Waals surface area (Å²) in [5.74, 6) is -0.855. The number of alkyl halides is 3.